The molecule has 1 atom stereocenters. The van der Waals surface area contributed by atoms with Crippen molar-refractivity contribution in [2.45, 2.75) is 26.3 Å². The number of amides is 2. The molecule has 0 aliphatic carbocycles. The number of anilines is 2. The van der Waals surface area contributed by atoms with Gasteiger partial charge in [0.15, 0.2) is 0 Å². The van der Waals surface area contributed by atoms with Gasteiger partial charge in [-0.25, -0.2) is 4.79 Å². The molecular formula is C13H17N3O4. The number of carboxylic acids is 1. The highest BCUT2D eigenvalue weighted by Crippen LogP contribution is 2.21. The van der Waals surface area contributed by atoms with Crippen molar-refractivity contribution in [3.63, 3.8) is 0 Å². The summed E-state index contributed by atoms with van der Waals surface area (Å²) in [6.45, 7) is 3.07. The maximum absolute atomic E-state index is 11.7. The average molecular weight is 279 g/mol. The third-order valence-electron chi connectivity index (χ3n) is 2.60. The van der Waals surface area contributed by atoms with E-state index >= 15 is 0 Å². The summed E-state index contributed by atoms with van der Waals surface area (Å²) >= 11 is 0. The molecule has 7 heteroatoms. The van der Waals surface area contributed by atoms with Crippen LogP contribution in [-0.2, 0) is 9.59 Å². The number of nitrogens with one attached hydrogen (secondary N) is 2. The van der Waals surface area contributed by atoms with E-state index in [-0.39, 0.29) is 17.2 Å². The highest BCUT2D eigenvalue weighted by molar-refractivity contribution is 6.03. The second kappa shape index (κ2) is 6.67. The highest BCUT2D eigenvalue weighted by Gasteiger charge is 2.16. The molecule has 2 amide bonds. The van der Waals surface area contributed by atoms with Crippen LogP contribution in [0.5, 0.6) is 0 Å². The van der Waals surface area contributed by atoms with Crippen LogP contribution < -0.4 is 16.4 Å². The molecule has 7 nitrogen and oxygen atoms in total. The van der Waals surface area contributed by atoms with E-state index in [2.05, 4.69) is 10.6 Å². The van der Waals surface area contributed by atoms with Crippen LogP contribution in [-0.4, -0.2) is 28.9 Å². The van der Waals surface area contributed by atoms with Gasteiger partial charge in [0.05, 0.1) is 17.3 Å². The number of benzene rings is 1. The molecule has 0 saturated carbocycles. The Balaban J connectivity index is 3.04. The number of carboxylic acid groups (broad SMARTS) is 1. The molecule has 1 aromatic carbocycles. The van der Waals surface area contributed by atoms with Crippen molar-refractivity contribution in [2.75, 3.05) is 10.6 Å². The van der Waals surface area contributed by atoms with Crippen LogP contribution in [0.25, 0.3) is 0 Å². The first-order chi connectivity index (χ1) is 9.35. The monoisotopic (exact) mass is 279 g/mol. The van der Waals surface area contributed by atoms with Gasteiger partial charge in [0.2, 0.25) is 11.8 Å². The van der Waals surface area contributed by atoms with Gasteiger partial charge in [-0.3, -0.25) is 9.59 Å². The number of hydrogen-bond donors (Lipinski definition) is 4. The van der Waals surface area contributed by atoms with Crippen molar-refractivity contribution in [2.24, 2.45) is 5.73 Å². The molecule has 0 aromatic heterocycles. The van der Waals surface area contributed by atoms with Gasteiger partial charge in [-0.2, -0.15) is 0 Å². The summed E-state index contributed by atoms with van der Waals surface area (Å²) in [6, 6.07) is 3.49. The maximum atomic E-state index is 11.7. The number of aromatic carboxylic acids is 1. The Labute approximate surface area is 116 Å². The molecule has 0 spiro atoms. The predicted octanol–water partition coefficient (Wildman–Crippen LogP) is 1.02. The van der Waals surface area contributed by atoms with E-state index < -0.39 is 17.9 Å². The molecule has 0 fully saturated rings. The molecule has 0 aliphatic rings. The van der Waals surface area contributed by atoms with E-state index in [0.717, 1.165) is 0 Å². The van der Waals surface area contributed by atoms with Crippen molar-refractivity contribution in [1.29, 1.82) is 0 Å². The van der Waals surface area contributed by atoms with Crippen molar-refractivity contribution in [1.82, 2.24) is 0 Å². The predicted molar refractivity (Wildman–Crippen MR) is 74.6 cm³/mol. The van der Waals surface area contributed by atoms with E-state index in [0.29, 0.717) is 12.1 Å². The van der Waals surface area contributed by atoms with Gasteiger partial charge in [-0.15, -0.1) is 0 Å². The summed E-state index contributed by atoms with van der Waals surface area (Å²) in [7, 11) is 0. The largest absolute Gasteiger partial charge is 0.478 e. The quantitative estimate of drug-likeness (QED) is 0.641. The molecule has 1 aromatic rings. The minimum Gasteiger partial charge on any atom is -0.478 e. The fourth-order valence-electron chi connectivity index (χ4n) is 1.52. The zero-order valence-electron chi connectivity index (χ0n) is 11.3. The lowest BCUT2D eigenvalue weighted by Crippen LogP contribution is -2.35. The molecular weight excluding hydrogens is 262 g/mol. The SMILES string of the molecule is CCC(N)C(=O)Nc1ccc(NC(C)=O)cc1C(=O)O. The number of hydrogen-bond acceptors (Lipinski definition) is 4. The number of carbonyl (C=O) groups is 3. The van der Waals surface area contributed by atoms with Crippen molar-refractivity contribution >= 4 is 29.2 Å². The third-order valence-corrected chi connectivity index (χ3v) is 2.60. The maximum Gasteiger partial charge on any atom is 0.337 e. The first-order valence-electron chi connectivity index (χ1n) is 6.06. The minimum atomic E-state index is -1.21. The fraction of sp³-hybridized carbons (Fsp3) is 0.308. The van der Waals surface area contributed by atoms with Gasteiger partial charge in [0.1, 0.15) is 0 Å². The van der Waals surface area contributed by atoms with E-state index in [4.69, 9.17) is 10.8 Å². The molecule has 5 N–H and O–H groups in total. The lowest BCUT2D eigenvalue weighted by molar-refractivity contribution is -0.117. The summed E-state index contributed by atoms with van der Waals surface area (Å²) in [5, 5.41) is 14.1. The topological polar surface area (TPSA) is 122 Å². The van der Waals surface area contributed by atoms with Gasteiger partial charge < -0.3 is 21.5 Å². The Morgan fingerprint density at radius 2 is 1.95 bits per heavy atom. The molecule has 0 saturated heterocycles. The zero-order valence-corrected chi connectivity index (χ0v) is 11.3. The van der Waals surface area contributed by atoms with Crippen LogP contribution in [0.15, 0.2) is 18.2 Å². The Kier molecular flexibility index (Phi) is 5.22. The molecule has 20 heavy (non-hydrogen) atoms. The van der Waals surface area contributed by atoms with Crippen LogP contribution in [0, 0.1) is 0 Å². The van der Waals surface area contributed by atoms with E-state index in [1.165, 1.54) is 25.1 Å². The Hall–Kier alpha value is -2.41. The Morgan fingerprint density at radius 1 is 1.30 bits per heavy atom. The lowest BCUT2D eigenvalue weighted by atomic mass is 10.1. The van der Waals surface area contributed by atoms with Gasteiger partial charge >= 0.3 is 5.97 Å². The van der Waals surface area contributed by atoms with E-state index in [1.807, 2.05) is 0 Å². The third kappa shape index (κ3) is 4.06. The smallest absolute Gasteiger partial charge is 0.337 e. The first-order valence-corrected chi connectivity index (χ1v) is 6.06. The van der Waals surface area contributed by atoms with E-state index in [9.17, 15) is 14.4 Å². The summed E-state index contributed by atoms with van der Waals surface area (Å²) in [4.78, 5) is 33.8. The van der Waals surface area contributed by atoms with Crippen molar-refractivity contribution in [3.8, 4) is 0 Å². The normalized spacial score (nSPS) is 11.6. The van der Waals surface area contributed by atoms with Crippen LogP contribution in [0.4, 0.5) is 11.4 Å². The van der Waals surface area contributed by atoms with Crippen LogP contribution >= 0.6 is 0 Å². The number of carbonyl (C=O) groups excluding carboxylic acids is 2. The summed E-state index contributed by atoms with van der Waals surface area (Å²) < 4.78 is 0. The van der Waals surface area contributed by atoms with Gasteiger partial charge in [0, 0.05) is 12.6 Å². The molecule has 0 aliphatic heterocycles. The van der Waals surface area contributed by atoms with Crippen LogP contribution in [0.2, 0.25) is 0 Å². The molecule has 0 bridgehead atoms. The number of nitrogens with two attached hydrogens (primary N) is 1. The molecule has 108 valence electrons. The summed E-state index contributed by atoms with van der Waals surface area (Å²) in [5.74, 6) is -1.98. The molecule has 1 unspecified atom stereocenters. The first kappa shape index (κ1) is 15.6. The second-order valence-electron chi connectivity index (χ2n) is 4.25. The van der Waals surface area contributed by atoms with Gasteiger partial charge in [0.25, 0.3) is 0 Å². The van der Waals surface area contributed by atoms with Crippen LogP contribution in [0.3, 0.4) is 0 Å². The standard InChI is InChI=1S/C13H17N3O4/c1-3-10(14)12(18)16-11-5-4-8(15-7(2)17)6-9(11)13(19)20/h4-6,10H,3,14H2,1-2H3,(H,15,17)(H,16,18)(H,19,20). The fourth-order valence-corrected chi connectivity index (χ4v) is 1.52. The summed E-state index contributed by atoms with van der Waals surface area (Å²) in [6.07, 6.45) is 0.443. The Morgan fingerprint density at radius 3 is 2.45 bits per heavy atom. The van der Waals surface area contributed by atoms with Crippen LogP contribution in [0.1, 0.15) is 30.6 Å². The van der Waals surface area contributed by atoms with E-state index in [1.54, 1.807) is 6.92 Å². The molecule has 1 rings (SSSR count). The Bertz CT molecular complexity index is 542. The highest BCUT2D eigenvalue weighted by atomic mass is 16.4. The molecule has 0 heterocycles. The lowest BCUT2D eigenvalue weighted by Gasteiger charge is -2.13. The summed E-state index contributed by atoms with van der Waals surface area (Å²) in [5.41, 5.74) is 5.93. The van der Waals surface area contributed by atoms with Gasteiger partial charge in [-0.1, -0.05) is 6.92 Å². The number of rotatable bonds is 5. The molecule has 0 radical (unpaired) electrons. The minimum absolute atomic E-state index is 0.118. The van der Waals surface area contributed by atoms with Crippen molar-refractivity contribution in [3.05, 3.63) is 23.8 Å². The average Bonchev–Trinajstić information content (AvgIpc) is 2.38. The zero-order chi connectivity index (χ0) is 15.3. The van der Waals surface area contributed by atoms with Crippen molar-refractivity contribution < 1.29 is 19.5 Å². The second-order valence-corrected chi connectivity index (χ2v) is 4.25. The van der Waals surface area contributed by atoms with Gasteiger partial charge in [-0.05, 0) is 24.6 Å².